The SMILES string of the molecule is O=c1cc(CN2CCN[C@@H](c3ccccc3)C2)[nH]c2ccccc12. The molecular formula is C20H21N3O. The predicted molar refractivity (Wildman–Crippen MR) is 97.0 cm³/mol. The molecule has 1 fully saturated rings. The highest BCUT2D eigenvalue weighted by Gasteiger charge is 2.20. The molecule has 2 N–H and O–H groups in total. The molecule has 24 heavy (non-hydrogen) atoms. The zero-order valence-corrected chi connectivity index (χ0v) is 13.5. The molecule has 3 aromatic rings. The Morgan fingerprint density at radius 3 is 2.71 bits per heavy atom. The predicted octanol–water partition coefficient (Wildman–Crippen LogP) is 2.67. The van der Waals surface area contributed by atoms with Gasteiger partial charge in [-0.25, -0.2) is 0 Å². The van der Waals surface area contributed by atoms with E-state index in [0.29, 0.717) is 6.04 Å². The van der Waals surface area contributed by atoms with Gasteiger partial charge in [-0.05, 0) is 17.7 Å². The summed E-state index contributed by atoms with van der Waals surface area (Å²) >= 11 is 0. The van der Waals surface area contributed by atoms with Crippen molar-refractivity contribution in [1.82, 2.24) is 15.2 Å². The molecule has 1 atom stereocenters. The van der Waals surface area contributed by atoms with Crippen LogP contribution in [0.5, 0.6) is 0 Å². The van der Waals surface area contributed by atoms with Gasteiger partial charge in [0, 0.05) is 54.9 Å². The van der Waals surface area contributed by atoms with Gasteiger partial charge in [-0.3, -0.25) is 9.69 Å². The Hall–Kier alpha value is -2.43. The van der Waals surface area contributed by atoms with Crippen molar-refractivity contribution in [3.05, 3.63) is 82.1 Å². The average molecular weight is 319 g/mol. The minimum atomic E-state index is 0.0918. The summed E-state index contributed by atoms with van der Waals surface area (Å²) in [5, 5.41) is 4.33. The van der Waals surface area contributed by atoms with Crippen LogP contribution in [0.25, 0.3) is 10.9 Å². The van der Waals surface area contributed by atoms with Crippen molar-refractivity contribution in [3.63, 3.8) is 0 Å². The summed E-state index contributed by atoms with van der Waals surface area (Å²) in [4.78, 5) is 18.1. The lowest BCUT2D eigenvalue weighted by Crippen LogP contribution is -2.45. The van der Waals surface area contributed by atoms with Gasteiger partial charge in [-0.15, -0.1) is 0 Å². The second-order valence-corrected chi connectivity index (χ2v) is 6.36. The first kappa shape index (κ1) is 15.1. The first-order chi connectivity index (χ1) is 11.8. The number of fused-ring (bicyclic) bond motifs is 1. The number of aromatic amines is 1. The Kier molecular flexibility index (Phi) is 4.15. The van der Waals surface area contributed by atoms with Crippen molar-refractivity contribution in [3.8, 4) is 0 Å². The average Bonchev–Trinajstić information content (AvgIpc) is 2.63. The van der Waals surface area contributed by atoms with E-state index < -0.39 is 0 Å². The number of para-hydroxylation sites is 1. The Morgan fingerprint density at radius 1 is 1.04 bits per heavy atom. The molecule has 1 aromatic heterocycles. The molecule has 1 saturated heterocycles. The number of H-pyrrole nitrogens is 1. The molecule has 4 heteroatoms. The lowest BCUT2D eigenvalue weighted by molar-refractivity contribution is 0.191. The van der Waals surface area contributed by atoms with Gasteiger partial charge in [0.2, 0.25) is 0 Å². The minimum Gasteiger partial charge on any atom is -0.357 e. The van der Waals surface area contributed by atoms with E-state index in [9.17, 15) is 4.79 Å². The third kappa shape index (κ3) is 3.11. The standard InChI is InChI=1S/C20H21N3O/c24-20-12-16(22-18-9-5-4-8-17(18)20)13-23-11-10-21-19(14-23)15-6-2-1-3-7-15/h1-9,12,19,21H,10-11,13-14H2,(H,22,24)/t19-/m1/s1. The maximum absolute atomic E-state index is 12.3. The third-order valence-corrected chi connectivity index (χ3v) is 4.65. The molecule has 0 amide bonds. The monoisotopic (exact) mass is 319 g/mol. The van der Waals surface area contributed by atoms with Crippen LogP contribution in [-0.2, 0) is 6.54 Å². The van der Waals surface area contributed by atoms with Gasteiger partial charge in [-0.2, -0.15) is 0 Å². The van der Waals surface area contributed by atoms with Crippen LogP contribution in [0.15, 0.2) is 65.5 Å². The maximum atomic E-state index is 12.3. The zero-order valence-electron chi connectivity index (χ0n) is 13.5. The number of hydrogen-bond donors (Lipinski definition) is 2. The molecule has 0 bridgehead atoms. The molecule has 2 heterocycles. The minimum absolute atomic E-state index is 0.0918. The van der Waals surface area contributed by atoms with Crippen LogP contribution < -0.4 is 10.7 Å². The quantitative estimate of drug-likeness (QED) is 0.780. The molecule has 1 aliphatic rings. The summed E-state index contributed by atoms with van der Waals surface area (Å²) in [6.45, 7) is 3.65. The number of pyridine rings is 1. The van der Waals surface area contributed by atoms with Crippen molar-refractivity contribution in [2.24, 2.45) is 0 Å². The Balaban J connectivity index is 1.54. The van der Waals surface area contributed by atoms with Crippen molar-refractivity contribution < 1.29 is 0 Å². The zero-order chi connectivity index (χ0) is 16.4. The number of rotatable bonds is 3. The van der Waals surface area contributed by atoms with Crippen LogP contribution in [0.2, 0.25) is 0 Å². The molecule has 0 radical (unpaired) electrons. The number of nitrogens with one attached hydrogen (secondary N) is 2. The number of piperazine rings is 1. The van der Waals surface area contributed by atoms with E-state index >= 15 is 0 Å². The van der Waals surface area contributed by atoms with Crippen molar-refractivity contribution >= 4 is 10.9 Å². The second-order valence-electron chi connectivity index (χ2n) is 6.36. The fraction of sp³-hybridized carbons (Fsp3) is 0.250. The van der Waals surface area contributed by atoms with E-state index in [-0.39, 0.29) is 5.43 Å². The van der Waals surface area contributed by atoms with Crippen LogP contribution in [0, 0.1) is 0 Å². The first-order valence-corrected chi connectivity index (χ1v) is 8.41. The number of nitrogens with zero attached hydrogens (tertiary/aromatic N) is 1. The normalized spacial score (nSPS) is 18.8. The number of hydrogen-bond acceptors (Lipinski definition) is 3. The highest BCUT2D eigenvalue weighted by Crippen LogP contribution is 2.18. The van der Waals surface area contributed by atoms with E-state index in [4.69, 9.17) is 0 Å². The van der Waals surface area contributed by atoms with Gasteiger partial charge in [0.25, 0.3) is 0 Å². The van der Waals surface area contributed by atoms with E-state index in [1.54, 1.807) is 6.07 Å². The Labute approximate surface area is 141 Å². The van der Waals surface area contributed by atoms with Crippen molar-refractivity contribution in [2.45, 2.75) is 12.6 Å². The highest BCUT2D eigenvalue weighted by atomic mass is 16.1. The van der Waals surface area contributed by atoms with Crippen LogP contribution in [0.4, 0.5) is 0 Å². The van der Waals surface area contributed by atoms with Crippen molar-refractivity contribution in [1.29, 1.82) is 0 Å². The van der Waals surface area contributed by atoms with Crippen LogP contribution >= 0.6 is 0 Å². The molecule has 122 valence electrons. The summed E-state index contributed by atoms with van der Waals surface area (Å²) in [5.74, 6) is 0. The van der Waals surface area contributed by atoms with Crippen LogP contribution in [0.3, 0.4) is 0 Å². The summed E-state index contributed by atoms with van der Waals surface area (Å²) in [7, 11) is 0. The molecule has 4 rings (SSSR count). The fourth-order valence-electron chi connectivity index (χ4n) is 3.44. The van der Waals surface area contributed by atoms with Crippen LogP contribution in [-0.4, -0.2) is 29.5 Å². The number of aromatic nitrogens is 1. The van der Waals surface area contributed by atoms with Gasteiger partial charge in [-0.1, -0.05) is 42.5 Å². The van der Waals surface area contributed by atoms with E-state index in [1.807, 2.05) is 30.3 Å². The Morgan fingerprint density at radius 2 is 1.83 bits per heavy atom. The van der Waals surface area contributed by atoms with Gasteiger partial charge in [0.1, 0.15) is 0 Å². The largest absolute Gasteiger partial charge is 0.357 e. The molecular weight excluding hydrogens is 298 g/mol. The van der Waals surface area contributed by atoms with E-state index in [2.05, 4.69) is 39.5 Å². The molecule has 1 aliphatic heterocycles. The summed E-state index contributed by atoms with van der Waals surface area (Å²) in [6, 6.07) is 20.3. The summed E-state index contributed by atoms with van der Waals surface area (Å²) in [6.07, 6.45) is 0. The summed E-state index contributed by atoms with van der Waals surface area (Å²) < 4.78 is 0. The fourth-order valence-corrected chi connectivity index (χ4v) is 3.44. The summed E-state index contributed by atoms with van der Waals surface area (Å²) in [5.41, 5.74) is 3.30. The lowest BCUT2D eigenvalue weighted by Gasteiger charge is -2.33. The molecule has 0 saturated carbocycles. The van der Waals surface area contributed by atoms with Crippen molar-refractivity contribution in [2.75, 3.05) is 19.6 Å². The molecule has 4 nitrogen and oxygen atoms in total. The van der Waals surface area contributed by atoms with Gasteiger partial charge in [0.15, 0.2) is 5.43 Å². The third-order valence-electron chi connectivity index (χ3n) is 4.65. The topological polar surface area (TPSA) is 48.1 Å². The smallest absolute Gasteiger partial charge is 0.189 e. The molecule has 0 unspecified atom stereocenters. The lowest BCUT2D eigenvalue weighted by atomic mass is 10.0. The van der Waals surface area contributed by atoms with Gasteiger partial charge in [0.05, 0.1) is 0 Å². The van der Waals surface area contributed by atoms with Crippen LogP contribution in [0.1, 0.15) is 17.3 Å². The maximum Gasteiger partial charge on any atom is 0.189 e. The van der Waals surface area contributed by atoms with Gasteiger partial charge >= 0.3 is 0 Å². The van der Waals surface area contributed by atoms with E-state index in [1.165, 1.54) is 5.56 Å². The molecule has 0 spiro atoms. The van der Waals surface area contributed by atoms with E-state index in [0.717, 1.165) is 42.8 Å². The van der Waals surface area contributed by atoms with Gasteiger partial charge < -0.3 is 10.3 Å². The molecule has 2 aromatic carbocycles. The Bertz CT molecular complexity index is 888. The first-order valence-electron chi connectivity index (χ1n) is 8.41. The second kappa shape index (κ2) is 6.59. The molecule has 0 aliphatic carbocycles. The highest BCUT2D eigenvalue weighted by molar-refractivity contribution is 5.78. The number of benzene rings is 2.